The quantitative estimate of drug-likeness (QED) is 0.463. The molecule has 1 N–H and O–H groups in total. The van der Waals surface area contributed by atoms with Gasteiger partial charge >= 0.3 is 0 Å². The fourth-order valence-corrected chi connectivity index (χ4v) is 3.82. The number of carbonyl (C=O) groups is 1. The Bertz CT molecular complexity index is 1290. The van der Waals surface area contributed by atoms with Crippen LogP contribution in [0, 0.1) is 6.92 Å². The third-order valence-electron chi connectivity index (χ3n) is 5.55. The molecular weight excluding hydrogens is 416 g/mol. The average molecular weight is 443 g/mol. The molecular formula is C25H26N6O2. The number of pyridine rings is 3. The monoisotopic (exact) mass is 442 g/mol. The van der Waals surface area contributed by atoms with Gasteiger partial charge in [0, 0.05) is 36.6 Å². The second kappa shape index (κ2) is 8.61. The van der Waals surface area contributed by atoms with Gasteiger partial charge in [-0.2, -0.15) is 9.78 Å². The van der Waals surface area contributed by atoms with Crippen LogP contribution in [-0.2, 0) is 6.54 Å². The van der Waals surface area contributed by atoms with Crippen LogP contribution in [0.4, 0.5) is 0 Å². The van der Waals surface area contributed by atoms with Crippen molar-refractivity contribution in [3.63, 3.8) is 0 Å². The summed E-state index contributed by atoms with van der Waals surface area (Å²) in [5.41, 5.74) is 3.83. The normalized spacial score (nSPS) is 13.5. The fourth-order valence-electron chi connectivity index (χ4n) is 3.82. The van der Waals surface area contributed by atoms with E-state index in [4.69, 9.17) is 9.72 Å². The van der Waals surface area contributed by atoms with E-state index >= 15 is 0 Å². The third kappa shape index (κ3) is 4.41. The molecule has 1 aliphatic carbocycles. The molecule has 1 fully saturated rings. The summed E-state index contributed by atoms with van der Waals surface area (Å²) >= 11 is 0. The number of rotatable bonds is 7. The minimum absolute atomic E-state index is 0.0630. The maximum Gasteiger partial charge on any atom is 0.252 e. The van der Waals surface area contributed by atoms with Crippen molar-refractivity contribution in [3.8, 4) is 11.7 Å². The number of carbonyl (C=O) groups excluding carboxylic acids is 1. The number of aromatic nitrogens is 5. The number of fused-ring (bicyclic) bond motifs is 1. The molecule has 0 aliphatic heterocycles. The first-order chi connectivity index (χ1) is 16.0. The molecule has 0 aromatic carbocycles. The smallest absolute Gasteiger partial charge is 0.252 e. The number of aryl methyl sites for hydroxylation is 1. The number of hydrogen-bond donors (Lipinski definition) is 1. The van der Waals surface area contributed by atoms with Crippen molar-refractivity contribution in [2.24, 2.45) is 0 Å². The molecule has 0 atom stereocenters. The third-order valence-corrected chi connectivity index (χ3v) is 5.55. The highest BCUT2D eigenvalue weighted by atomic mass is 16.5. The summed E-state index contributed by atoms with van der Waals surface area (Å²) in [4.78, 5) is 26.9. The van der Waals surface area contributed by atoms with Crippen molar-refractivity contribution >= 4 is 16.9 Å². The Morgan fingerprint density at radius 1 is 1.21 bits per heavy atom. The Labute approximate surface area is 192 Å². The fraction of sp³-hybridized carbons (Fsp3) is 0.320. The molecule has 0 spiro atoms. The Kier molecular flexibility index (Phi) is 5.50. The lowest BCUT2D eigenvalue weighted by atomic mass is 10.1. The highest BCUT2D eigenvalue weighted by Gasteiger charge is 2.29. The minimum Gasteiger partial charge on any atom is -0.475 e. The summed E-state index contributed by atoms with van der Waals surface area (Å²) in [6.07, 6.45) is 5.69. The molecule has 0 radical (unpaired) electrons. The molecule has 0 saturated heterocycles. The lowest BCUT2D eigenvalue weighted by molar-refractivity contribution is 0.0952. The molecule has 33 heavy (non-hydrogen) atoms. The molecule has 5 rings (SSSR count). The molecule has 8 heteroatoms. The molecule has 4 heterocycles. The van der Waals surface area contributed by atoms with E-state index in [1.165, 1.54) is 0 Å². The van der Waals surface area contributed by atoms with Gasteiger partial charge in [0.15, 0.2) is 11.5 Å². The first-order valence-corrected chi connectivity index (χ1v) is 11.2. The molecule has 1 amide bonds. The molecule has 8 nitrogen and oxygen atoms in total. The largest absolute Gasteiger partial charge is 0.475 e. The van der Waals surface area contributed by atoms with E-state index in [9.17, 15) is 4.79 Å². The molecule has 1 saturated carbocycles. The lowest BCUT2D eigenvalue weighted by Gasteiger charge is -2.11. The van der Waals surface area contributed by atoms with Crippen LogP contribution in [0.15, 0.2) is 48.8 Å². The van der Waals surface area contributed by atoms with E-state index in [1.54, 1.807) is 17.1 Å². The van der Waals surface area contributed by atoms with Gasteiger partial charge in [-0.1, -0.05) is 12.1 Å². The van der Waals surface area contributed by atoms with Crippen LogP contribution in [0.3, 0.4) is 0 Å². The van der Waals surface area contributed by atoms with E-state index in [0.717, 1.165) is 35.2 Å². The van der Waals surface area contributed by atoms with Crippen LogP contribution >= 0.6 is 0 Å². The molecule has 4 aromatic heterocycles. The Balaban J connectivity index is 1.45. The predicted molar refractivity (Wildman–Crippen MR) is 125 cm³/mol. The minimum atomic E-state index is -0.157. The van der Waals surface area contributed by atoms with E-state index < -0.39 is 0 Å². The summed E-state index contributed by atoms with van der Waals surface area (Å²) in [6, 6.07) is 11.3. The van der Waals surface area contributed by atoms with Crippen molar-refractivity contribution in [1.29, 1.82) is 0 Å². The van der Waals surface area contributed by atoms with Gasteiger partial charge in [-0.25, -0.2) is 15.0 Å². The first-order valence-electron chi connectivity index (χ1n) is 11.2. The standard InChI is InChI=1S/C25H26N6O2/c1-15(2)33-22-10-7-17(13-27-22)14-28-25(32)19-12-20(18-8-9-18)29-24-23(19)16(3)30-31(24)21-6-4-5-11-26-21/h4-7,10-13,15,18H,8-9,14H2,1-3H3,(H,28,32). The molecule has 0 bridgehead atoms. The van der Waals surface area contributed by atoms with E-state index in [-0.39, 0.29) is 12.0 Å². The molecule has 4 aromatic rings. The highest BCUT2D eigenvalue weighted by molar-refractivity contribution is 6.06. The number of nitrogens with one attached hydrogen (secondary N) is 1. The number of nitrogens with zero attached hydrogens (tertiary/aromatic N) is 5. The second-order valence-corrected chi connectivity index (χ2v) is 8.61. The van der Waals surface area contributed by atoms with Crippen LogP contribution in [-0.4, -0.2) is 36.7 Å². The van der Waals surface area contributed by atoms with E-state index in [2.05, 4.69) is 20.4 Å². The van der Waals surface area contributed by atoms with Gasteiger partial charge in [0.25, 0.3) is 5.91 Å². The SMILES string of the molecule is Cc1nn(-c2ccccn2)c2nc(C3CC3)cc(C(=O)NCc3ccc(OC(C)C)nc3)c12. The van der Waals surface area contributed by atoms with Crippen molar-refractivity contribution in [2.75, 3.05) is 0 Å². The van der Waals surface area contributed by atoms with Crippen LogP contribution < -0.4 is 10.1 Å². The second-order valence-electron chi connectivity index (χ2n) is 8.61. The Morgan fingerprint density at radius 3 is 2.73 bits per heavy atom. The maximum atomic E-state index is 13.3. The zero-order valence-electron chi connectivity index (χ0n) is 18.9. The van der Waals surface area contributed by atoms with Crippen LogP contribution in [0.1, 0.15) is 59.9 Å². The summed E-state index contributed by atoms with van der Waals surface area (Å²) in [5, 5.41) is 8.44. The van der Waals surface area contributed by atoms with Crippen LogP contribution in [0.25, 0.3) is 16.9 Å². The Morgan fingerprint density at radius 2 is 2.06 bits per heavy atom. The van der Waals surface area contributed by atoms with Crippen molar-refractivity contribution in [3.05, 3.63) is 71.3 Å². The zero-order valence-corrected chi connectivity index (χ0v) is 18.9. The van der Waals surface area contributed by atoms with Crippen molar-refractivity contribution < 1.29 is 9.53 Å². The van der Waals surface area contributed by atoms with Gasteiger partial charge in [-0.15, -0.1) is 0 Å². The number of amides is 1. The van der Waals surface area contributed by atoms with Crippen LogP contribution in [0.2, 0.25) is 0 Å². The van der Waals surface area contributed by atoms with E-state index in [1.807, 2.05) is 57.2 Å². The van der Waals surface area contributed by atoms with Gasteiger partial charge in [0.05, 0.1) is 22.7 Å². The van der Waals surface area contributed by atoms with Gasteiger partial charge < -0.3 is 10.1 Å². The summed E-state index contributed by atoms with van der Waals surface area (Å²) < 4.78 is 7.31. The molecule has 0 unspecified atom stereocenters. The number of ether oxygens (including phenoxy) is 1. The Hall–Kier alpha value is -3.81. The van der Waals surface area contributed by atoms with Gasteiger partial charge in [-0.05, 0) is 57.4 Å². The first kappa shape index (κ1) is 21.1. The topological polar surface area (TPSA) is 94.8 Å². The van der Waals surface area contributed by atoms with Gasteiger partial charge in [0.1, 0.15) is 0 Å². The van der Waals surface area contributed by atoms with Gasteiger partial charge in [0.2, 0.25) is 5.88 Å². The average Bonchev–Trinajstić information content (AvgIpc) is 3.62. The lowest BCUT2D eigenvalue weighted by Crippen LogP contribution is -2.23. The van der Waals surface area contributed by atoms with Crippen LogP contribution in [0.5, 0.6) is 5.88 Å². The maximum absolute atomic E-state index is 13.3. The van der Waals surface area contributed by atoms with Gasteiger partial charge in [-0.3, -0.25) is 4.79 Å². The predicted octanol–water partition coefficient (Wildman–Crippen LogP) is 4.11. The molecule has 168 valence electrons. The highest BCUT2D eigenvalue weighted by Crippen LogP contribution is 2.40. The summed E-state index contributed by atoms with van der Waals surface area (Å²) in [7, 11) is 0. The van der Waals surface area contributed by atoms with E-state index in [0.29, 0.717) is 35.4 Å². The summed E-state index contributed by atoms with van der Waals surface area (Å²) in [5.74, 6) is 1.49. The van der Waals surface area contributed by atoms with Crippen molar-refractivity contribution in [2.45, 2.75) is 52.2 Å². The zero-order chi connectivity index (χ0) is 22.9. The van der Waals surface area contributed by atoms with Crippen molar-refractivity contribution in [1.82, 2.24) is 30.0 Å². The summed E-state index contributed by atoms with van der Waals surface area (Å²) in [6.45, 7) is 6.18. The number of hydrogen-bond acceptors (Lipinski definition) is 6. The molecule has 1 aliphatic rings.